The Morgan fingerprint density at radius 1 is 1.29 bits per heavy atom. The Hall–Kier alpha value is -3.36. The molecule has 0 radical (unpaired) electrons. The number of hydrogen-bond donors (Lipinski definition) is 1. The molecular weight excluding hydrogens is 360 g/mol. The fraction of sp³-hybridized carbons (Fsp3) is 0.368. The van der Waals surface area contributed by atoms with Crippen molar-refractivity contribution >= 4 is 5.91 Å². The summed E-state index contributed by atoms with van der Waals surface area (Å²) < 4.78 is 15.3. The normalized spacial score (nSPS) is 14.0. The van der Waals surface area contributed by atoms with Crippen LogP contribution in [0.3, 0.4) is 0 Å². The van der Waals surface area contributed by atoms with Crippen molar-refractivity contribution in [2.75, 3.05) is 6.61 Å². The van der Waals surface area contributed by atoms with Crippen molar-refractivity contribution in [3.63, 3.8) is 0 Å². The van der Waals surface area contributed by atoms with Gasteiger partial charge in [0.25, 0.3) is 5.91 Å². The van der Waals surface area contributed by atoms with E-state index in [4.69, 9.17) is 20.2 Å². The lowest BCUT2D eigenvalue weighted by atomic mass is 10.1. The molecule has 0 saturated carbocycles. The zero-order valence-electron chi connectivity index (χ0n) is 16.0. The van der Waals surface area contributed by atoms with Crippen LogP contribution in [-0.2, 0) is 11.3 Å². The first-order chi connectivity index (χ1) is 13.4. The third-order valence-electron chi connectivity index (χ3n) is 4.57. The van der Waals surface area contributed by atoms with Gasteiger partial charge in [-0.15, -0.1) is 0 Å². The number of ether oxygens (including phenoxy) is 2. The third-order valence-corrected chi connectivity index (χ3v) is 4.57. The van der Waals surface area contributed by atoms with Gasteiger partial charge in [-0.05, 0) is 32.9 Å². The second-order valence-corrected chi connectivity index (χ2v) is 6.93. The van der Waals surface area contributed by atoms with Crippen molar-refractivity contribution in [2.24, 2.45) is 5.73 Å². The zero-order chi connectivity index (χ0) is 19.8. The standard InChI is InChI=1S/C19H22N6O3/c1-11(2)25-19(21-10-22-25)15-9-24-6-7-27-16-8-13(28-12(3)17(20)26)4-5-14(16)18(24)23-15/h4-5,8-12H,6-7H2,1-3H3,(H2,20,26)/t12-/m0/s1. The molecule has 2 aromatic heterocycles. The Labute approximate surface area is 162 Å². The maximum absolute atomic E-state index is 11.2. The first-order valence-electron chi connectivity index (χ1n) is 9.14. The molecule has 4 rings (SSSR count). The van der Waals surface area contributed by atoms with Crippen molar-refractivity contribution in [2.45, 2.75) is 39.5 Å². The van der Waals surface area contributed by atoms with Gasteiger partial charge in [0, 0.05) is 18.3 Å². The number of nitrogens with two attached hydrogens (primary N) is 1. The molecule has 3 aromatic rings. The highest BCUT2D eigenvalue weighted by atomic mass is 16.5. The molecule has 0 spiro atoms. The molecule has 3 heterocycles. The molecule has 0 fully saturated rings. The largest absolute Gasteiger partial charge is 0.491 e. The zero-order valence-corrected chi connectivity index (χ0v) is 16.0. The highest BCUT2D eigenvalue weighted by Crippen LogP contribution is 2.36. The fourth-order valence-corrected chi connectivity index (χ4v) is 3.12. The van der Waals surface area contributed by atoms with E-state index in [1.54, 1.807) is 25.4 Å². The molecule has 0 saturated heterocycles. The van der Waals surface area contributed by atoms with Crippen molar-refractivity contribution in [3.05, 3.63) is 30.7 Å². The number of nitrogens with zero attached hydrogens (tertiary/aromatic N) is 5. The van der Waals surface area contributed by atoms with Crippen molar-refractivity contribution in [3.8, 4) is 34.4 Å². The van der Waals surface area contributed by atoms with Crippen molar-refractivity contribution in [1.82, 2.24) is 24.3 Å². The molecular formula is C19H22N6O3. The molecule has 1 aliphatic rings. The number of carbonyl (C=O) groups excluding carboxylic acids is 1. The summed E-state index contributed by atoms with van der Waals surface area (Å²) >= 11 is 0. The summed E-state index contributed by atoms with van der Waals surface area (Å²) in [7, 11) is 0. The van der Waals surface area contributed by atoms with Gasteiger partial charge in [-0.3, -0.25) is 4.79 Å². The van der Waals surface area contributed by atoms with Crippen LogP contribution >= 0.6 is 0 Å². The summed E-state index contributed by atoms with van der Waals surface area (Å²) in [6.07, 6.45) is 2.79. The first-order valence-corrected chi connectivity index (χ1v) is 9.14. The Morgan fingerprint density at radius 2 is 2.11 bits per heavy atom. The predicted molar refractivity (Wildman–Crippen MR) is 102 cm³/mol. The van der Waals surface area contributed by atoms with Crippen LogP contribution in [0, 0.1) is 0 Å². The summed E-state index contributed by atoms with van der Waals surface area (Å²) in [6, 6.07) is 5.60. The lowest BCUT2D eigenvalue weighted by Crippen LogP contribution is -2.30. The summed E-state index contributed by atoms with van der Waals surface area (Å²) in [5, 5.41) is 4.29. The van der Waals surface area contributed by atoms with E-state index in [2.05, 4.69) is 23.9 Å². The second-order valence-electron chi connectivity index (χ2n) is 6.93. The van der Waals surface area contributed by atoms with Gasteiger partial charge in [0.05, 0.1) is 12.1 Å². The van der Waals surface area contributed by atoms with E-state index in [1.165, 1.54) is 0 Å². The maximum Gasteiger partial charge on any atom is 0.258 e. The molecule has 9 heteroatoms. The Kier molecular flexibility index (Phi) is 4.50. The van der Waals surface area contributed by atoms with E-state index in [9.17, 15) is 4.79 Å². The summed E-state index contributed by atoms with van der Waals surface area (Å²) in [6.45, 7) is 6.86. The fourth-order valence-electron chi connectivity index (χ4n) is 3.12. The monoisotopic (exact) mass is 382 g/mol. The van der Waals surface area contributed by atoms with Crippen LogP contribution in [0.2, 0.25) is 0 Å². The number of hydrogen-bond acceptors (Lipinski definition) is 6. The van der Waals surface area contributed by atoms with E-state index in [0.29, 0.717) is 24.7 Å². The number of imidazole rings is 1. The van der Waals surface area contributed by atoms with Crippen LogP contribution in [0.5, 0.6) is 11.5 Å². The van der Waals surface area contributed by atoms with Gasteiger partial charge in [0.2, 0.25) is 0 Å². The smallest absolute Gasteiger partial charge is 0.258 e. The molecule has 1 aromatic carbocycles. The van der Waals surface area contributed by atoms with Crippen LogP contribution in [0.15, 0.2) is 30.7 Å². The Morgan fingerprint density at radius 3 is 2.86 bits per heavy atom. The number of aromatic nitrogens is 5. The molecule has 9 nitrogen and oxygen atoms in total. The van der Waals surface area contributed by atoms with Gasteiger partial charge in [0.1, 0.15) is 36.0 Å². The van der Waals surface area contributed by atoms with Crippen LogP contribution in [0.1, 0.15) is 26.8 Å². The van der Waals surface area contributed by atoms with E-state index in [0.717, 1.165) is 22.9 Å². The van der Waals surface area contributed by atoms with E-state index >= 15 is 0 Å². The minimum Gasteiger partial charge on any atom is -0.491 e. The highest BCUT2D eigenvalue weighted by Gasteiger charge is 2.22. The van der Waals surface area contributed by atoms with Crippen molar-refractivity contribution < 1.29 is 14.3 Å². The van der Waals surface area contributed by atoms with Crippen LogP contribution in [0.25, 0.3) is 22.9 Å². The number of carbonyl (C=O) groups is 1. The summed E-state index contributed by atoms with van der Waals surface area (Å²) in [4.78, 5) is 20.4. The summed E-state index contributed by atoms with van der Waals surface area (Å²) in [5.74, 6) is 2.16. The molecule has 2 N–H and O–H groups in total. The van der Waals surface area contributed by atoms with Gasteiger partial charge in [-0.25, -0.2) is 14.6 Å². The van der Waals surface area contributed by atoms with Crippen molar-refractivity contribution in [1.29, 1.82) is 0 Å². The van der Waals surface area contributed by atoms with E-state index in [-0.39, 0.29) is 6.04 Å². The molecule has 28 heavy (non-hydrogen) atoms. The predicted octanol–water partition coefficient (Wildman–Crippen LogP) is 2.03. The maximum atomic E-state index is 11.2. The van der Waals surface area contributed by atoms with Gasteiger partial charge in [-0.1, -0.05) is 0 Å². The number of amides is 1. The molecule has 0 unspecified atom stereocenters. The van der Waals surface area contributed by atoms with Gasteiger partial charge < -0.3 is 19.8 Å². The Balaban J connectivity index is 1.72. The minimum atomic E-state index is -0.722. The number of primary amides is 1. The lowest BCUT2D eigenvalue weighted by molar-refractivity contribution is -0.123. The molecule has 0 bridgehead atoms. The van der Waals surface area contributed by atoms with E-state index in [1.807, 2.05) is 21.5 Å². The second kappa shape index (κ2) is 6.99. The average Bonchev–Trinajstić information content (AvgIpc) is 3.26. The number of fused-ring (bicyclic) bond motifs is 3. The highest BCUT2D eigenvalue weighted by molar-refractivity contribution is 5.78. The molecule has 1 amide bonds. The van der Waals surface area contributed by atoms with Gasteiger partial charge >= 0.3 is 0 Å². The molecule has 0 aliphatic carbocycles. The molecule has 146 valence electrons. The van der Waals surface area contributed by atoms with E-state index < -0.39 is 12.0 Å². The topological polar surface area (TPSA) is 110 Å². The average molecular weight is 382 g/mol. The SMILES string of the molecule is CC(C)n1ncnc1-c1cn2c(n1)-c1ccc(O[C@@H](C)C(N)=O)cc1OCC2. The van der Waals surface area contributed by atoms with Crippen LogP contribution in [0.4, 0.5) is 0 Å². The molecule has 1 aliphatic heterocycles. The van der Waals surface area contributed by atoms with Gasteiger partial charge in [-0.2, -0.15) is 5.10 Å². The first kappa shape index (κ1) is 18.0. The number of rotatable bonds is 5. The van der Waals surface area contributed by atoms with Crippen LogP contribution in [-0.4, -0.2) is 42.9 Å². The quantitative estimate of drug-likeness (QED) is 0.723. The lowest BCUT2D eigenvalue weighted by Gasteiger charge is -2.13. The third kappa shape index (κ3) is 3.19. The van der Waals surface area contributed by atoms with Crippen LogP contribution < -0.4 is 15.2 Å². The minimum absolute atomic E-state index is 0.182. The van der Waals surface area contributed by atoms with Gasteiger partial charge in [0.15, 0.2) is 11.9 Å². The summed E-state index contributed by atoms with van der Waals surface area (Å²) in [5.41, 5.74) is 6.88. The molecule has 1 atom stereocenters. The Bertz CT molecular complexity index is 1020. The number of benzene rings is 1.